The van der Waals surface area contributed by atoms with Crippen molar-refractivity contribution in [2.45, 2.75) is 375 Å². The van der Waals surface area contributed by atoms with Gasteiger partial charge < -0.3 is 78.3 Å². The van der Waals surface area contributed by atoms with Gasteiger partial charge in [0.25, 0.3) is 0 Å². The summed E-state index contributed by atoms with van der Waals surface area (Å²) < 4.78 is 9.86. The molecule has 2 aliphatic heterocycles. The van der Waals surface area contributed by atoms with E-state index >= 15 is 0 Å². The molecule has 0 aromatic rings. The van der Waals surface area contributed by atoms with E-state index in [2.05, 4.69) is 32.9 Å². The van der Waals surface area contributed by atoms with Gasteiger partial charge in [-0.2, -0.15) is 0 Å². The van der Waals surface area contributed by atoms with Crippen molar-refractivity contribution in [3.63, 3.8) is 0 Å². The van der Waals surface area contributed by atoms with Crippen LogP contribution in [-0.2, 0) is 9.47 Å². The number of allylic oxidation sites excluding steroid dienone is 1. The van der Waals surface area contributed by atoms with Crippen molar-refractivity contribution in [2.24, 2.45) is 104 Å². The number of hydrogen-bond acceptors (Lipinski definition) is 14. The smallest absolute Gasteiger partial charge is 0.0618 e. The van der Waals surface area contributed by atoms with Crippen LogP contribution >= 0.6 is 0 Å². The van der Waals surface area contributed by atoms with Crippen molar-refractivity contribution < 1.29 is 9.47 Å². The SMILES string of the molecule is CC1(N)CCCCC1.CC1CCC(N)CC1.CC1CCCC(N)C1.NC1CC=CCC1.NC1CCC1.NC1CCCC1.NC1CCCCC1.NC1CCCCCC1.N[C@@H]1CCOC1.N[C@@H]1C[C@H]2CC[C@@H]1C2.N[C@H]1CCOC1.N[C@H]1C[C@H]2CC[C@@H]1C2. The molecule has 14 rings (SSSR count). The van der Waals surface area contributed by atoms with Gasteiger partial charge >= 0.3 is 0 Å². The first-order valence-corrected chi connectivity index (χ1v) is 36.7. The van der Waals surface area contributed by atoms with Gasteiger partial charge in [-0.3, -0.25) is 0 Å². The van der Waals surface area contributed by atoms with Crippen LogP contribution in [0.4, 0.5) is 0 Å². The minimum atomic E-state index is 0.179. The average molecular weight is 1200 g/mol. The van der Waals surface area contributed by atoms with Crippen molar-refractivity contribution in [1.82, 2.24) is 0 Å². The molecule has 11 saturated carbocycles. The van der Waals surface area contributed by atoms with Gasteiger partial charge in [-0.25, -0.2) is 0 Å². The van der Waals surface area contributed by atoms with Gasteiger partial charge in [0.05, 0.1) is 13.2 Å². The van der Waals surface area contributed by atoms with Crippen LogP contribution in [0.15, 0.2) is 12.2 Å². The Hall–Kier alpha value is -0.820. The van der Waals surface area contributed by atoms with Crippen molar-refractivity contribution in [3.8, 4) is 0 Å². The molecule has 0 radical (unpaired) electrons. The highest BCUT2D eigenvalue weighted by atomic mass is 16.5. The van der Waals surface area contributed by atoms with E-state index in [0.717, 1.165) is 81.2 Å². The molecule has 85 heavy (non-hydrogen) atoms. The highest BCUT2D eigenvalue weighted by molar-refractivity contribution is 4.93. The lowest BCUT2D eigenvalue weighted by atomic mass is 9.84. The fourth-order valence-corrected chi connectivity index (χ4v) is 14.5. The largest absolute Gasteiger partial charge is 0.380 e. The summed E-state index contributed by atoms with van der Waals surface area (Å²) in [6.07, 6.45) is 62.1. The predicted molar refractivity (Wildman–Crippen MR) is 367 cm³/mol. The maximum atomic E-state index is 5.88. The molecular weight excluding hydrogens is 1050 g/mol. The zero-order valence-electron chi connectivity index (χ0n) is 56.2. The molecule has 14 heteroatoms. The van der Waals surface area contributed by atoms with E-state index in [4.69, 9.17) is 78.3 Å². The van der Waals surface area contributed by atoms with Crippen LogP contribution in [0.1, 0.15) is 303 Å². The Kier molecular flexibility index (Phi) is 44.3. The zero-order valence-corrected chi connectivity index (χ0v) is 56.2. The second-order valence-corrected chi connectivity index (χ2v) is 30.1. The van der Waals surface area contributed by atoms with Gasteiger partial charge in [0.2, 0.25) is 0 Å². The third-order valence-electron chi connectivity index (χ3n) is 21.0. The molecule has 0 amide bonds. The minimum Gasteiger partial charge on any atom is -0.380 e. The first-order chi connectivity index (χ1) is 40.8. The van der Waals surface area contributed by atoms with Gasteiger partial charge in [-0.15, -0.1) is 0 Å². The normalized spacial score (nSPS) is 35.2. The van der Waals surface area contributed by atoms with E-state index < -0.39 is 0 Å². The predicted octanol–water partition coefficient (Wildman–Crippen LogP) is 11.8. The third kappa shape index (κ3) is 41.3. The molecule has 0 aromatic heterocycles. The van der Waals surface area contributed by atoms with Crippen LogP contribution in [0.5, 0.6) is 0 Å². The Labute approximate surface area is 525 Å². The number of hydrogen-bond donors (Lipinski definition) is 12. The van der Waals surface area contributed by atoms with Gasteiger partial charge in [0.1, 0.15) is 0 Å². The summed E-state index contributed by atoms with van der Waals surface area (Å²) >= 11 is 0. The van der Waals surface area contributed by atoms with E-state index in [1.165, 1.54) is 263 Å². The Balaban J connectivity index is 0.000000243. The van der Waals surface area contributed by atoms with Gasteiger partial charge in [0.15, 0.2) is 0 Å². The number of ether oxygens (including phenoxy) is 2. The molecular formula is C71H148N12O2. The maximum absolute atomic E-state index is 5.88. The molecule has 2 heterocycles. The van der Waals surface area contributed by atoms with Crippen molar-refractivity contribution >= 4 is 0 Å². The third-order valence-corrected chi connectivity index (χ3v) is 21.0. The lowest BCUT2D eigenvalue weighted by Gasteiger charge is -2.28. The summed E-state index contributed by atoms with van der Waals surface area (Å²) in [6, 6.07) is 5.46. The van der Waals surface area contributed by atoms with Crippen LogP contribution in [0.25, 0.3) is 0 Å². The monoisotopic (exact) mass is 1200 g/mol. The van der Waals surface area contributed by atoms with E-state index in [0.29, 0.717) is 66.5 Å². The summed E-state index contributed by atoms with van der Waals surface area (Å²) in [4.78, 5) is 0. The van der Waals surface area contributed by atoms with Crippen LogP contribution in [0, 0.1) is 35.5 Å². The van der Waals surface area contributed by atoms with Crippen molar-refractivity contribution in [1.29, 1.82) is 0 Å². The zero-order chi connectivity index (χ0) is 62.1. The van der Waals surface area contributed by atoms with E-state index in [1.807, 2.05) is 0 Å². The van der Waals surface area contributed by atoms with Gasteiger partial charge in [-0.05, 0) is 216 Å². The Morgan fingerprint density at radius 3 is 0.929 bits per heavy atom. The fourth-order valence-electron chi connectivity index (χ4n) is 14.5. The highest BCUT2D eigenvalue weighted by Crippen LogP contribution is 2.44. The van der Waals surface area contributed by atoms with E-state index in [-0.39, 0.29) is 5.54 Å². The summed E-state index contributed by atoms with van der Waals surface area (Å²) in [6.45, 7) is 10.0. The molecule has 4 bridgehead atoms. The molecule has 14 aliphatic rings. The molecule has 12 aliphatic carbocycles. The van der Waals surface area contributed by atoms with Crippen molar-refractivity contribution in [2.75, 3.05) is 26.4 Å². The molecule has 0 spiro atoms. The molecule has 3 unspecified atom stereocenters. The van der Waals surface area contributed by atoms with Crippen LogP contribution in [-0.4, -0.2) is 98.4 Å². The minimum absolute atomic E-state index is 0.179. The van der Waals surface area contributed by atoms with Crippen molar-refractivity contribution in [3.05, 3.63) is 12.2 Å². The standard InChI is InChI=1S/2C7H13N.4C7H15N.C6H13N.C6H11N.C5H11N.2C4H9NO.C4H9N/c2*8-7-4-5-1-2-6(7)3-5;1-6-2-4-7(8)5-3-6;1-6-3-2-4-7(8)5-6;1-7(8)5-3-2-4-6-7;8-7-5-3-1-2-4-6-7;2*7-6-4-2-1-3-5-6;6-5-3-1-2-4-5;2*5-4-1-2-6-3-4;5-4-2-1-3-4/h2*5-7H,1-4,8H2;2*6-7H,2-5,8H2,1H3;2-6,8H2,1H3;7H,1-6,8H2;6H,1-5,7H2;1-2,6H,3-5,7H2;5H,1-4,6H2;2*4H,1-3,5H2;4H,1-3,5H2/t5-,6+,7+;5-,6+,7-;;;;;;;;2*4-;/m00.......10./s1. The molecule has 2 saturated heterocycles. The summed E-state index contributed by atoms with van der Waals surface area (Å²) in [7, 11) is 0. The number of fused-ring (bicyclic) bond motifs is 4. The topological polar surface area (TPSA) is 331 Å². The quantitative estimate of drug-likeness (QED) is 0.0793. The first-order valence-electron chi connectivity index (χ1n) is 36.7. The maximum Gasteiger partial charge on any atom is 0.0618 e. The average Bonchev–Trinajstić information content (AvgIpc) is 4.53. The molecule has 24 N–H and O–H groups in total. The van der Waals surface area contributed by atoms with Crippen LogP contribution in [0.3, 0.4) is 0 Å². The van der Waals surface area contributed by atoms with Gasteiger partial charge in [0, 0.05) is 85.2 Å². The van der Waals surface area contributed by atoms with E-state index in [9.17, 15) is 0 Å². The van der Waals surface area contributed by atoms with Gasteiger partial charge in [-0.1, -0.05) is 135 Å². The number of rotatable bonds is 0. The molecule has 13 fully saturated rings. The highest BCUT2D eigenvalue weighted by Gasteiger charge is 2.38. The Bertz CT molecular complexity index is 1450. The fraction of sp³-hybridized carbons (Fsp3) is 0.972. The second-order valence-electron chi connectivity index (χ2n) is 30.1. The second kappa shape index (κ2) is 48.0. The van der Waals surface area contributed by atoms with Crippen LogP contribution in [0.2, 0.25) is 0 Å². The molecule has 0 aromatic carbocycles. The van der Waals surface area contributed by atoms with Crippen LogP contribution < -0.4 is 68.8 Å². The molecule has 11 atom stereocenters. The Morgan fingerprint density at radius 1 is 0.318 bits per heavy atom. The number of nitrogens with two attached hydrogens (primary N) is 12. The molecule has 14 nitrogen and oxygen atoms in total. The lowest BCUT2D eigenvalue weighted by molar-refractivity contribution is 0.194. The summed E-state index contributed by atoms with van der Waals surface area (Å²) in [5.74, 6) is 5.71. The Morgan fingerprint density at radius 2 is 0.706 bits per heavy atom. The first kappa shape index (κ1) is 78.4. The lowest BCUT2D eigenvalue weighted by Crippen LogP contribution is -2.37. The van der Waals surface area contributed by atoms with E-state index in [1.54, 1.807) is 0 Å². The molecule has 504 valence electrons. The summed E-state index contributed by atoms with van der Waals surface area (Å²) in [5.41, 5.74) is 67.8. The summed E-state index contributed by atoms with van der Waals surface area (Å²) in [5, 5.41) is 0.